The van der Waals surface area contributed by atoms with E-state index in [-0.39, 0.29) is 11.3 Å². The maximum atomic E-state index is 11.9. The first-order valence-corrected chi connectivity index (χ1v) is 6.55. The van der Waals surface area contributed by atoms with Gasteiger partial charge in [-0.1, -0.05) is 23.5 Å². The molecule has 0 spiro atoms. The van der Waals surface area contributed by atoms with Crippen LogP contribution >= 0.6 is 0 Å². The quantitative estimate of drug-likeness (QED) is 0.768. The van der Waals surface area contributed by atoms with E-state index in [2.05, 4.69) is 6.92 Å². The van der Waals surface area contributed by atoms with E-state index in [1.165, 1.54) is 0 Å². The van der Waals surface area contributed by atoms with E-state index in [0.29, 0.717) is 19.8 Å². The van der Waals surface area contributed by atoms with E-state index in [1.54, 1.807) is 6.92 Å². The highest BCUT2D eigenvalue weighted by atomic mass is 16.5. The van der Waals surface area contributed by atoms with E-state index < -0.39 is 0 Å². The first-order valence-electron chi connectivity index (χ1n) is 6.55. The fourth-order valence-electron chi connectivity index (χ4n) is 2.42. The van der Waals surface area contributed by atoms with Gasteiger partial charge in [0.25, 0.3) is 0 Å². The summed E-state index contributed by atoms with van der Waals surface area (Å²) >= 11 is 0. The molecule has 0 aliphatic carbocycles. The van der Waals surface area contributed by atoms with Crippen molar-refractivity contribution >= 4 is 24.9 Å². The Labute approximate surface area is 116 Å². The van der Waals surface area contributed by atoms with Crippen LogP contribution < -0.4 is 10.4 Å². The van der Waals surface area contributed by atoms with Gasteiger partial charge < -0.3 is 9.64 Å². The predicted octanol–water partition coefficient (Wildman–Crippen LogP) is 1.49. The highest BCUT2D eigenvalue weighted by Gasteiger charge is 2.36. The van der Waals surface area contributed by atoms with Crippen LogP contribution in [0.2, 0.25) is 0 Å². The van der Waals surface area contributed by atoms with Gasteiger partial charge in [-0.05, 0) is 26.0 Å². The fraction of sp³-hybridized carbons (Fsp3) is 0.533. The molecule has 2 rings (SSSR count). The van der Waals surface area contributed by atoms with Crippen LogP contribution in [0, 0.1) is 19.3 Å². The molecule has 0 saturated carbocycles. The third-order valence-electron chi connectivity index (χ3n) is 3.71. The summed E-state index contributed by atoms with van der Waals surface area (Å²) in [5.74, 6) is 0.0525. The van der Waals surface area contributed by atoms with Crippen molar-refractivity contribution in [1.29, 1.82) is 0 Å². The number of anilines is 1. The number of rotatable bonds is 3. The van der Waals surface area contributed by atoms with Crippen LogP contribution in [0.25, 0.3) is 0 Å². The summed E-state index contributed by atoms with van der Waals surface area (Å²) in [4.78, 5) is 13.7. The van der Waals surface area contributed by atoms with Crippen LogP contribution in [0.3, 0.4) is 0 Å². The number of amides is 1. The van der Waals surface area contributed by atoms with Crippen molar-refractivity contribution in [2.75, 3.05) is 24.7 Å². The Balaban J connectivity index is 2.31. The molecule has 0 bridgehead atoms. The summed E-state index contributed by atoms with van der Waals surface area (Å²) in [7, 11) is 5.97. The molecular weight excluding hydrogens is 237 g/mol. The summed E-state index contributed by atoms with van der Waals surface area (Å²) in [6.07, 6.45) is 0. The van der Waals surface area contributed by atoms with Gasteiger partial charge >= 0.3 is 0 Å². The van der Waals surface area contributed by atoms with Gasteiger partial charge in [0.2, 0.25) is 5.91 Å². The van der Waals surface area contributed by atoms with E-state index in [0.717, 1.165) is 22.3 Å². The molecule has 1 aromatic carbocycles. The molecule has 0 N–H and O–H groups in total. The Kier molecular flexibility index (Phi) is 3.72. The Morgan fingerprint density at radius 3 is 2.26 bits per heavy atom. The first-order chi connectivity index (χ1) is 8.82. The summed E-state index contributed by atoms with van der Waals surface area (Å²) in [6, 6.07) is 3.96. The molecule has 4 heteroatoms. The Bertz CT molecular complexity index is 486. The van der Waals surface area contributed by atoms with Crippen LogP contribution in [-0.4, -0.2) is 33.5 Å². The van der Waals surface area contributed by atoms with Gasteiger partial charge in [-0.2, -0.15) is 0 Å². The number of hydrogen-bond donors (Lipinski definition) is 0. The van der Waals surface area contributed by atoms with Gasteiger partial charge in [0, 0.05) is 24.6 Å². The molecule has 100 valence electrons. The van der Waals surface area contributed by atoms with Gasteiger partial charge in [-0.3, -0.25) is 4.79 Å². The number of ether oxygens (including phenoxy) is 1. The number of aryl methyl sites for hydroxylation is 2. The lowest BCUT2D eigenvalue weighted by molar-refractivity contribution is -0.120. The molecular formula is C15H20BNO2. The highest BCUT2D eigenvalue weighted by Crippen LogP contribution is 2.30. The first kappa shape index (κ1) is 14.1. The molecule has 1 aliphatic heterocycles. The Morgan fingerprint density at radius 2 is 1.89 bits per heavy atom. The maximum Gasteiger partial charge on any atom is 0.223 e. The van der Waals surface area contributed by atoms with Gasteiger partial charge in [0.15, 0.2) is 0 Å². The zero-order valence-electron chi connectivity index (χ0n) is 12.1. The van der Waals surface area contributed by atoms with Crippen LogP contribution in [0.1, 0.15) is 25.0 Å². The fourth-order valence-corrected chi connectivity index (χ4v) is 2.42. The zero-order chi connectivity index (χ0) is 14.2. The molecule has 3 nitrogen and oxygen atoms in total. The lowest BCUT2D eigenvalue weighted by atomic mass is 9.85. The summed E-state index contributed by atoms with van der Waals surface area (Å²) in [5.41, 5.74) is 3.80. The normalized spacial score (nSPS) is 16.8. The van der Waals surface area contributed by atoms with Gasteiger partial charge in [-0.25, -0.2) is 0 Å². The monoisotopic (exact) mass is 257 g/mol. The third-order valence-corrected chi connectivity index (χ3v) is 3.71. The molecule has 1 aromatic rings. The van der Waals surface area contributed by atoms with Crippen LogP contribution in [0.15, 0.2) is 12.1 Å². The third kappa shape index (κ3) is 2.84. The molecule has 0 aromatic heterocycles. The lowest BCUT2D eigenvalue weighted by Gasteiger charge is -2.41. The van der Waals surface area contributed by atoms with Crippen LogP contribution in [0.5, 0.6) is 0 Å². The minimum atomic E-state index is 0.0525. The number of carbonyl (C=O) groups is 1. The topological polar surface area (TPSA) is 29.5 Å². The van der Waals surface area contributed by atoms with E-state index in [4.69, 9.17) is 12.6 Å². The second kappa shape index (κ2) is 5.01. The summed E-state index contributed by atoms with van der Waals surface area (Å²) < 4.78 is 5.26. The predicted molar refractivity (Wildman–Crippen MR) is 78.3 cm³/mol. The van der Waals surface area contributed by atoms with E-state index in [9.17, 15) is 4.79 Å². The van der Waals surface area contributed by atoms with Crippen LogP contribution in [0.4, 0.5) is 5.69 Å². The largest absolute Gasteiger partial charge is 0.380 e. The number of nitrogens with zero attached hydrogens (tertiary/aromatic N) is 1. The minimum absolute atomic E-state index is 0.0525. The van der Waals surface area contributed by atoms with Crippen LogP contribution in [-0.2, 0) is 9.53 Å². The molecule has 0 atom stereocenters. The van der Waals surface area contributed by atoms with Crippen molar-refractivity contribution < 1.29 is 9.53 Å². The lowest BCUT2D eigenvalue weighted by Crippen LogP contribution is -2.50. The van der Waals surface area contributed by atoms with Gasteiger partial charge in [-0.15, -0.1) is 0 Å². The van der Waals surface area contributed by atoms with Gasteiger partial charge in [0.1, 0.15) is 7.85 Å². The van der Waals surface area contributed by atoms with Crippen molar-refractivity contribution in [3.8, 4) is 0 Å². The summed E-state index contributed by atoms with van der Waals surface area (Å²) in [5, 5.41) is 0. The zero-order valence-corrected chi connectivity index (χ0v) is 12.1. The SMILES string of the molecule is [B]c1c(C)cc(N(CC2(C)COC2)C(C)=O)cc1C. The molecule has 2 radical (unpaired) electrons. The van der Waals surface area contributed by atoms with Crippen molar-refractivity contribution in [3.05, 3.63) is 23.3 Å². The van der Waals surface area contributed by atoms with Crippen molar-refractivity contribution in [1.82, 2.24) is 0 Å². The van der Waals surface area contributed by atoms with Crippen molar-refractivity contribution in [2.24, 2.45) is 5.41 Å². The highest BCUT2D eigenvalue weighted by molar-refractivity contribution is 6.34. The molecule has 0 unspecified atom stereocenters. The smallest absolute Gasteiger partial charge is 0.223 e. The average Bonchev–Trinajstić information content (AvgIpc) is 2.29. The Hall–Kier alpha value is -1.29. The average molecular weight is 257 g/mol. The van der Waals surface area contributed by atoms with E-state index >= 15 is 0 Å². The molecule has 1 fully saturated rings. The molecule has 1 amide bonds. The molecule has 1 aliphatic rings. The van der Waals surface area contributed by atoms with Crippen molar-refractivity contribution in [2.45, 2.75) is 27.7 Å². The minimum Gasteiger partial charge on any atom is -0.380 e. The van der Waals surface area contributed by atoms with Gasteiger partial charge in [0.05, 0.1) is 13.2 Å². The number of carbonyl (C=O) groups excluding carboxylic acids is 1. The number of hydrogen-bond acceptors (Lipinski definition) is 2. The Morgan fingerprint density at radius 1 is 1.37 bits per heavy atom. The standard InChI is InChI=1S/C15H20BNO2/c1-10-5-13(6-11(2)14(10)16)17(12(3)18)7-15(4)8-19-9-15/h5-6H,7-9H2,1-4H3. The second-order valence-electron chi connectivity index (χ2n) is 5.90. The molecule has 19 heavy (non-hydrogen) atoms. The molecule has 1 heterocycles. The second-order valence-corrected chi connectivity index (χ2v) is 5.90. The van der Waals surface area contributed by atoms with E-state index in [1.807, 2.05) is 30.9 Å². The van der Waals surface area contributed by atoms with Crippen molar-refractivity contribution in [3.63, 3.8) is 0 Å². The molecule has 1 saturated heterocycles. The number of benzene rings is 1. The summed E-state index contributed by atoms with van der Waals surface area (Å²) in [6.45, 7) is 9.79. The maximum absolute atomic E-state index is 11.9.